The Labute approximate surface area is 128 Å². The number of aryl methyl sites for hydroxylation is 1. The van der Waals surface area contributed by atoms with E-state index in [4.69, 9.17) is 5.11 Å². The van der Waals surface area contributed by atoms with Crippen LogP contribution in [0.3, 0.4) is 0 Å². The first-order chi connectivity index (χ1) is 9.79. The van der Waals surface area contributed by atoms with E-state index >= 15 is 0 Å². The zero-order valence-corrected chi connectivity index (χ0v) is 13.8. The zero-order chi connectivity index (χ0) is 16.0. The molecule has 0 fully saturated rings. The predicted octanol–water partition coefficient (Wildman–Crippen LogP) is 4.21. The number of aliphatic carboxylic acids is 1. The summed E-state index contributed by atoms with van der Waals surface area (Å²) in [6.07, 6.45) is 2.90. The molecule has 116 valence electrons. The summed E-state index contributed by atoms with van der Waals surface area (Å²) in [7, 11) is 0. The lowest BCUT2D eigenvalue weighted by Gasteiger charge is -2.30. The normalized spacial score (nSPS) is 11.6. The Balaban J connectivity index is 3.19. The van der Waals surface area contributed by atoms with Crippen molar-refractivity contribution in [1.29, 1.82) is 0 Å². The molecule has 0 saturated carbocycles. The minimum atomic E-state index is -0.915. The largest absolute Gasteiger partial charge is 0.478 e. The standard InChI is InChI=1S/C18H27NO2/c1-13(2)11-19(12-14(3)4)17-8-6-15(5)10-16(17)7-9-18(20)21/h6-10,13-14H,11-12H2,1-5H3,(H,20,21)/b9-7+. The third kappa shape index (κ3) is 6.03. The van der Waals surface area contributed by atoms with Crippen LogP contribution < -0.4 is 4.90 Å². The van der Waals surface area contributed by atoms with Gasteiger partial charge < -0.3 is 10.0 Å². The van der Waals surface area contributed by atoms with Crippen molar-refractivity contribution < 1.29 is 9.90 Å². The molecule has 0 aliphatic rings. The number of hydrogen-bond donors (Lipinski definition) is 1. The Morgan fingerprint density at radius 2 is 1.76 bits per heavy atom. The number of nitrogens with zero attached hydrogens (tertiary/aromatic N) is 1. The molecule has 0 atom stereocenters. The highest BCUT2D eigenvalue weighted by molar-refractivity contribution is 5.87. The van der Waals surface area contributed by atoms with Crippen molar-refractivity contribution >= 4 is 17.7 Å². The van der Waals surface area contributed by atoms with Crippen LogP contribution in [0, 0.1) is 18.8 Å². The monoisotopic (exact) mass is 289 g/mol. The molecule has 0 aliphatic carbocycles. The van der Waals surface area contributed by atoms with Gasteiger partial charge in [-0.1, -0.05) is 39.3 Å². The Morgan fingerprint density at radius 1 is 1.19 bits per heavy atom. The van der Waals surface area contributed by atoms with Gasteiger partial charge in [-0.25, -0.2) is 4.79 Å². The molecule has 0 saturated heterocycles. The first kappa shape index (κ1) is 17.3. The van der Waals surface area contributed by atoms with Gasteiger partial charge in [0.1, 0.15) is 0 Å². The molecule has 0 aliphatic heterocycles. The second kappa shape index (κ2) is 7.87. The number of anilines is 1. The number of carboxylic acids is 1. The molecule has 1 rings (SSSR count). The molecule has 0 amide bonds. The van der Waals surface area contributed by atoms with Crippen molar-refractivity contribution in [2.24, 2.45) is 11.8 Å². The number of carboxylic acid groups (broad SMARTS) is 1. The van der Waals surface area contributed by atoms with Crippen LogP contribution in [0.5, 0.6) is 0 Å². The van der Waals surface area contributed by atoms with Gasteiger partial charge in [0.25, 0.3) is 0 Å². The van der Waals surface area contributed by atoms with Gasteiger partial charge in [-0.3, -0.25) is 0 Å². The highest BCUT2D eigenvalue weighted by Gasteiger charge is 2.13. The van der Waals surface area contributed by atoms with Crippen molar-refractivity contribution in [2.45, 2.75) is 34.6 Å². The van der Waals surface area contributed by atoms with E-state index in [1.54, 1.807) is 6.08 Å². The summed E-state index contributed by atoms with van der Waals surface area (Å²) in [5.41, 5.74) is 3.22. The van der Waals surface area contributed by atoms with Crippen molar-refractivity contribution in [3.63, 3.8) is 0 Å². The molecule has 0 spiro atoms. The minimum Gasteiger partial charge on any atom is -0.478 e. The Morgan fingerprint density at radius 3 is 2.24 bits per heavy atom. The zero-order valence-electron chi connectivity index (χ0n) is 13.8. The van der Waals surface area contributed by atoms with Crippen LogP contribution in [0.4, 0.5) is 5.69 Å². The van der Waals surface area contributed by atoms with Gasteiger partial charge in [-0.2, -0.15) is 0 Å². The molecule has 3 heteroatoms. The molecule has 1 N–H and O–H groups in total. The van der Waals surface area contributed by atoms with E-state index in [2.05, 4.69) is 44.7 Å². The highest BCUT2D eigenvalue weighted by Crippen LogP contribution is 2.25. The van der Waals surface area contributed by atoms with Crippen molar-refractivity contribution in [1.82, 2.24) is 0 Å². The van der Waals surface area contributed by atoms with Gasteiger partial charge in [-0.05, 0) is 42.5 Å². The van der Waals surface area contributed by atoms with E-state index in [9.17, 15) is 4.79 Å². The van der Waals surface area contributed by atoms with Gasteiger partial charge in [0.2, 0.25) is 0 Å². The quantitative estimate of drug-likeness (QED) is 0.764. The molecule has 3 nitrogen and oxygen atoms in total. The number of hydrogen-bond acceptors (Lipinski definition) is 2. The summed E-state index contributed by atoms with van der Waals surface area (Å²) >= 11 is 0. The summed E-state index contributed by atoms with van der Waals surface area (Å²) in [4.78, 5) is 13.2. The van der Waals surface area contributed by atoms with Crippen LogP contribution in [0.25, 0.3) is 6.08 Å². The van der Waals surface area contributed by atoms with Gasteiger partial charge in [0.15, 0.2) is 0 Å². The fraction of sp³-hybridized carbons (Fsp3) is 0.500. The lowest BCUT2D eigenvalue weighted by atomic mass is 10.0. The Kier molecular flexibility index (Phi) is 6.47. The Hall–Kier alpha value is -1.77. The maximum atomic E-state index is 10.8. The Bertz CT molecular complexity index is 494. The SMILES string of the molecule is Cc1ccc(N(CC(C)C)CC(C)C)c(/C=C/C(=O)O)c1. The molecule has 0 unspecified atom stereocenters. The topological polar surface area (TPSA) is 40.5 Å². The van der Waals surface area contributed by atoms with E-state index < -0.39 is 5.97 Å². The van der Waals surface area contributed by atoms with Crippen LogP contribution >= 0.6 is 0 Å². The molecular weight excluding hydrogens is 262 g/mol. The van der Waals surface area contributed by atoms with Crippen molar-refractivity contribution in [3.05, 3.63) is 35.4 Å². The van der Waals surface area contributed by atoms with Crippen LogP contribution in [-0.4, -0.2) is 24.2 Å². The summed E-state index contributed by atoms with van der Waals surface area (Å²) in [5.74, 6) is 0.199. The summed E-state index contributed by atoms with van der Waals surface area (Å²) in [6, 6.07) is 6.23. The molecule has 1 aromatic rings. The van der Waals surface area contributed by atoms with Gasteiger partial charge >= 0.3 is 5.97 Å². The van der Waals surface area contributed by atoms with Gasteiger partial charge in [0.05, 0.1) is 0 Å². The molecule has 0 heterocycles. The van der Waals surface area contributed by atoms with E-state index in [0.29, 0.717) is 11.8 Å². The average Bonchev–Trinajstić information content (AvgIpc) is 2.34. The van der Waals surface area contributed by atoms with Crippen LogP contribution in [0.15, 0.2) is 24.3 Å². The van der Waals surface area contributed by atoms with Gasteiger partial charge in [-0.15, -0.1) is 0 Å². The lowest BCUT2D eigenvalue weighted by Crippen LogP contribution is -2.31. The van der Waals surface area contributed by atoms with Crippen molar-refractivity contribution in [2.75, 3.05) is 18.0 Å². The number of rotatable bonds is 7. The van der Waals surface area contributed by atoms with E-state index in [1.807, 2.05) is 13.0 Å². The van der Waals surface area contributed by atoms with Crippen LogP contribution in [-0.2, 0) is 4.79 Å². The minimum absolute atomic E-state index is 0.557. The van der Waals surface area contributed by atoms with E-state index in [-0.39, 0.29) is 0 Å². The second-order valence-electron chi connectivity index (χ2n) is 6.43. The van der Waals surface area contributed by atoms with Crippen LogP contribution in [0.2, 0.25) is 0 Å². The summed E-state index contributed by atoms with van der Waals surface area (Å²) in [5, 5.41) is 8.86. The van der Waals surface area contributed by atoms with E-state index in [1.165, 1.54) is 6.08 Å². The predicted molar refractivity (Wildman–Crippen MR) is 89.7 cm³/mol. The first-order valence-electron chi connectivity index (χ1n) is 7.56. The molecular formula is C18H27NO2. The van der Waals surface area contributed by atoms with Crippen molar-refractivity contribution in [3.8, 4) is 0 Å². The summed E-state index contributed by atoms with van der Waals surface area (Å²) in [6.45, 7) is 12.8. The molecule has 1 aromatic carbocycles. The fourth-order valence-corrected chi connectivity index (χ4v) is 2.41. The smallest absolute Gasteiger partial charge is 0.328 e. The first-order valence-corrected chi connectivity index (χ1v) is 7.56. The molecule has 21 heavy (non-hydrogen) atoms. The maximum absolute atomic E-state index is 10.8. The summed E-state index contributed by atoms with van der Waals surface area (Å²) < 4.78 is 0. The molecule has 0 bridgehead atoms. The second-order valence-corrected chi connectivity index (χ2v) is 6.43. The third-order valence-corrected chi connectivity index (χ3v) is 3.10. The van der Waals surface area contributed by atoms with Crippen LogP contribution in [0.1, 0.15) is 38.8 Å². The van der Waals surface area contributed by atoms with E-state index in [0.717, 1.165) is 29.9 Å². The average molecular weight is 289 g/mol. The van der Waals surface area contributed by atoms with Gasteiger partial charge in [0, 0.05) is 24.9 Å². The number of benzene rings is 1. The third-order valence-electron chi connectivity index (χ3n) is 3.10. The molecule has 0 aromatic heterocycles. The molecule has 0 radical (unpaired) electrons. The fourth-order valence-electron chi connectivity index (χ4n) is 2.41. The maximum Gasteiger partial charge on any atom is 0.328 e. The lowest BCUT2D eigenvalue weighted by molar-refractivity contribution is -0.131. The number of carbonyl (C=O) groups is 1. The highest BCUT2D eigenvalue weighted by atomic mass is 16.4.